The lowest BCUT2D eigenvalue weighted by Gasteiger charge is -2.17. The van der Waals surface area contributed by atoms with Crippen molar-refractivity contribution in [3.05, 3.63) is 23.4 Å². The molecule has 1 atom stereocenters. The predicted octanol–water partition coefficient (Wildman–Crippen LogP) is 1.93. The number of pyridine rings is 1. The van der Waals surface area contributed by atoms with E-state index in [-0.39, 0.29) is 5.56 Å². The van der Waals surface area contributed by atoms with Gasteiger partial charge in [0, 0.05) is 13.1 Å². The zero-order valence-electron chi connectivity index (χ0n) is 9.60. The summed E-state index contributed by atoms with van der Waals surface area (Å²) < 4.78 is 0. The molecule has 1 aliphatic heterocycles. The quantitative estimate of drug-likeness (QED) is 0.827. The van der Waals surface area contributed by atoms with Gasteiger partial charge in [0.25, 0.3) is 0 Å². The molecule has 0 amide bonds. The summed E-state index contributed by atoms with van der Waals surface area (Å²) in [7, 11) is 0. The molecule has 0 spiro atoms. The summed E-state index contributed by atoms with van der Waals surface area (Å²) >= 11 is 0. The number of aromatic nitrogens is 1. The van der Waals surface area contributed by atoms with E-state index in [2.05, 4.69) is 16.8 Å². The van der Waals surface area contributed by atoms with Crippen molar-refractivity contribution in [2.45, 2.75) is 20.3 Å². The van der Waals surface area contributed by atoms with Crippen molar-refractivity contribution >= 4 is 11.8 Å². The minimum Gasteiger partial charge on any atom is -0.478 e. The average Bonchev–Trinajstić information content (AvgIpc) is 2.64. The van der Waals surface area contributed by atoms with Crippen LogP contribution < -0.4 is 4.90 Å². The molecule has 86 valence electrons. The molecule has 1 N–H and O–H groups in total. The maximum absolute atomic E-state index is 10.9. The lowest BCUT2D eigenvalue weighted by molar-refractivity contribution is 0.0695. The van der Waals surface area contributed by atoms with Crippen molar-refractivity contribution in [2.75, 3.05) is 18.0 Å². The van der Waals surface area contributed by atoms with Gasteiger partial charge < -0.3 is 10.0 Å². The average molecular weight is 220 g/mol. The highest BCUT2D eigenvalue weighted by atomic mass is 16.4. The van der Waals surface area contributed by atoms with E-state index in [9.17, 15) is 4.79 Å². The highest BCUT2D eigenvalue weighted by Gasteiger charge is 2.20. The number of hydrogen-bond donors (Lipinski definition) is 1. The number of carboxylic acid groups (broad SMARTS) is 1. The molecule has 1 fully saturated rings. The Morgan fingerprint density at radius 1 is 1.56 bits per heavy atom. The number of hydrogen-bond acceptors (Lipinski definition) is 3. The Hall–Kier alpha value is -1.58. The van der Waals surface area contributed by atoms with Gasteiger partial charge >= 0.3 is 5.97 Å². The van der Waals surface area contributed by atoms with Crippen molar-refractivity contribution < 1.29 is 9.90 Å². The van der Waals surface area contributed by atoms with E-state index in [0.29, 0.717) is 11.6 Å². The van der Waals surface area contributed by atoms with Crippen molar-refractivity contribution in [1.29, 1.82) is 0 Å². The molecular formula is C12H16N2O2. The third-order valence-corrected chi connectivity index (χ3v) is 3.05. The fraction of sp³-hybridized carbons (Fsp3) is 0.500. The Bertz CT molecular complexity index is 417. The first-order chi connectivity index (χ1) is 7.58. The minimum absolute atomic E-state index is 0.288. The van der Waals surface area contributed by atoms with Gasteiger partial charge in [-0.2, -0.15) is 0 Å². The first-order valence-electron chi connectivity index (χ1n) is 5.54. The number of nitrogens with zero attached hydrogens (tertiary/aromatic N) is 2. The van der Waals surface area contributed by atoms with Crippen LogP contribution in [0, 0.1) is 12.8 Å². The first-order valence-corrected chi connectivity index (χ1v) is 5.54. The van der Waals surface area contributed by atoms with Gasteiger partial charge in [-0.05, 0) is 31.4 Å². The molecule has 4 nitrogen and oxygen atoms in total. The predicted molar refractivity (Wildman–Crippen MR) is 61.9 cm³/mol. The molecule has 0 radical (unpaired) electrons. The van der Waals surface area contributed by atoms with Gasteiger partial charge in [-0.15, -0.1) is 0 Å². The Labute approximate surface area is 94.9 Å². The first kappa shape index (κ1) is 10.9. The molecule has 0 aliphatic carbocycles. The van der Waals surface area contributed by atoms with Crippen molar-refractivity contribution in [3.8, 4) is 0 Å². The van der Waals surface area contributed by atoms with Crippen molar-refractivity contribution in [1.82, 2.24) is 4.98 Å². The van der Waals surface area contributed by atoms with Crippen LogP contribution in [0.1, 0.15) is 29.4 Å². The van der Waals surface area contributed by atoms with E-state index < -0.39 is 5.97 Å². The minimum atomic E-state index is -0.911. The van der Waals surface area contributed by atoms with Crippen LogP contribution in [-0.2, 0) is 0 Å². The second-order valence-electron chi connectivity index (χ2n) is 4.45. The van der Waals surface area contributed by atoms with Gasteiger partial charge in [-0.3, -0.25) is 0 Å². The van der Waals surface area contributed by atoms with Crippen LogP contribution in [0.2, 0.25) is 0 Å². The Morgan fingerprint density at radius 3 is 2.81 bits per heavy atom. The van der Waals surface area contributed by atoms with Crippen molar-refractivity contribution in [3.63, 3.8) is 0 Å². The molecule has 2 rings (SSSR count). The molecule has 1 aromatic heterocycles. The Balaban J connectivity index is 2.24. The molecular weight excluding hydrogens is 204 g/mol. The zero-order chi connectivity index (χ0) is 11.7. The molecule has 1 saturated heterocycles. The maximum Gasteiger partial charge on any atom is 0.337 e. The highest BCUT2D eigenvalue weighted by Crippen LogP contribution is 2.22. The van der Waals surface area contributed by atoms with Crippen LogP contribution in [0.25, 0.3) is 0 Å². The second-order valence-corrected chi connectivity index (χ2v) is 4.45. The summed E-state index contributed by atoms with van der Waals surface area (Å²) in [6, 6.07) is 3.44. The summed E-state index contributed by atoms with van der Waals surface area (Å²) in [5.74, 6) is 0.680. The maximum atomic E-state index is 10.9. The van der Waals surface area contributed by atoms with E-state index in [4.69, 9.17) is 5.11 Å². The second kappa shape index (κ2) is 4.12. The van der Waals surface area contributed by atoms with Crippen molar-refractivity contribution in [2.24, 2.45) is 5.92 Å². The third kappa shape index (κ3) is 2.01. The molecule has 1 unspecified atom stereocenters. The Kier molecular flexibility index (Phi) is 2.81. The van der Waals surface area contributed by atoms with E-state index >= 15 is 0 Å². The fourth-order valence-corrected chi connectivity index (χ4v) is 2.09. The number of aromatic carboxylic acids is 1. The number of aryl methyl sites for hydroxylation is 1. The molecule has 0 saturated carbocycles. The molecule has 4 heteroatoms. The monoisotopic (exact) mass is 220 g/mol. The molecule has 1 aromatic rings. The zero-order valence-corrected chi connectivity index (χ0v) is 9.60. The molecule has 16 heavy (non-hydrogen) atoms. The van der Waals surface area contributed by atoms with Crippen LogP contribution in [0.15, 0.2) is 12.1 Å². The van der Waals surface area contributed by atoms with Gasteiger partial charge in [-0.25, -0.2) is 9.78 Å². The summed E-state index contributed by atoms with van der Waals surface area (Å²) in [4.78, 5) is 17.4. The third-order valence-electron chi connectivity index (χ3n) is 3.05. The molecule has 0 aromatic carbocycles. The molecule has 2 heterocycles. The lowest BCUT2D eigenvalue weighted by Crippen LogP contribution is -2.21. The standard InChI is InChI=1S/C12H16N2O2/c1-8-5-6-14(7-8)11-4-3-10(12(15)16)9(2)13-11/h3-4,8H,5-7H2,1-2H3,(H,15,16). The normalized spacial score (nSPS) is 20.1. The topological polar surface area (TPSA) is 53.4 Å². The SMILES string of the molecule is Cc1nc(N2CCC(C)C2)ccc1C(=O)O. The number of carboxylic acids is 1. The van der Waals surface area contributed by atoms with E-state index in [1.54, 1.807) is 19.1 Å². The number of carbonyl (C=O) groups is 1. The van der Waals surface area contributed by atoms with Crippen LogP contribution in [0.4, 0.5) is 5.82 Å². The largest absolute Gasteiger partial charge is 0.478 e. The highest BCUT2D eigenvalue weighted by molar-refractivity contribution is 5.89. The summed E-state index contributed by atoms with van der Waals surface area (Å²) in [6.07, 6.45) is 1.18. The van der Waals surface area contributed by atoms with Gasteiger partial charge in [-0.1, -0.05) is 6.92 Å². The molecule has 1 aliphatic rings. The van der Waals surface area contributed by atoms with Gasteiger partial charge in [0.1, 0.15) is 5.82 Å². The van der Waals surface area contributed by atoms with Crippen LogP contribution in [0.5, 0.6) is 0 Å². The summed E-state index contributed by atoms with van der Waals surface area (Å²) in [6.45, 7) is 5.99. The van der Waals surface area contributed by atoms with Gasteiger partial charge in [0.05, 0.1) is 11.3 Å². The number of anilines is 1. The van der Waals surface area contributed by atoms with E-state index in [0.717, 1.165) is 18.9 Å². The smallest absolute Gasteiger partial charge is 0.337 e. The van der Waals surface area contributed by atoms with E-state index in [1.165, 1.54) is 6.42 Å². The lowest BCUT2D eigenvalue weighted by atomic mass is 10.2. The van der Waals surface area contributed by atoms with Gasteiger partial charge in [0.2, 0.25) is 0 Å². The van der Waals surface area contributed by atoms with E-state index in [1.807, 2.05) is 0 Å². The Morgan fingerprint density at radius 2 is 2.31 bits per heavy atom. The van der Waals surface area contributed by atoms with Crippen LogP contribution in [0.3, 0.4) is 0 Å². The van der Waals surface area contributed by atoms with Gasteiger partial charge in [0.15, 0.2) is 0 Å². The summed E-state index contributed by atoms with van der Waals surface area (Å²) in [5.41, 5.74) is 0.876. The fourth-order valence-electron chi connectivity index (χ4n) is 2.09. The number of rotatable bonds is 2. The van der Waals surface area contributed by atoms with Crippen LogP contribution >= 0.6 is 0 Å². The molecule has 0 bridgehead atoms. The van der Waals surface area contributed by atoms with Crippen LogP contribution in [-0.4, -0.2) is 29.1 Å². The summed E-state index contributed by atoms with van der Waals surface area (Å²) in [5, 5.41) is 8.91.